The SMILES string of the molecule is CCNc1cncc(C(=O)N2CCCNC(=O)C2)n1. The van der Waals surface area contributed by atoms with Crippen LogP contribution >= 0.6 is 0 Å². The quantitative estimate of drug-likeness (QED) is 0.793. The van der Waals surface area contributed by atoms with Crippen LogP contribution in [-0.2, 0) is 4.79 Å². The average molecular weight is 263 g/mol. The number of hydrogen-bond acceptors (Lipinski definition) is 5. The third-order valence-corrected chi connectivity index (χ3v) is 2.76. The van der Waals surface area contributed by atoms with Crippen LogP contribution in [0.5, 0.6) is 0 Å². The van der Waals surface area contributed by atoms with E-state index in [9.17, 15) is 9.59 Å². The van der Waals surface area contributed by atoms with Gasteiger partial charge in [-0.2, -0.15) is 0 Å². The summed E-state index contributed by atoms with van der Waals surface area (Å²) < 4.78 is 0. The van der Waals surface area contributed by atoms with Crippen LogP contribution in [0.4, 0.5) is 5.82 Å². The van der Waals surface area contributed by atoms with E-state index in [0.717, 1.165) is 6.42 Å². The minimum absolute atomic E-state index is 0.0753. The topological polar surface area (TPSA) is 87.2 Å². The Morgan fingerprint density at radius 3 is 3.16 bits per heavy atom. The second-order valence-corrected chi connectivity index (χ2v) is 4.25. The summed E-state index contributed by atoms with van der Waals surface area (Å²) in [6, 6.07) is 0. The predicted octanol–water partition coefficient (Wildman–Crippen LogP) is -0.130. The van der Waals surface area contributed by atoms with Gasteiger partial charge in [0.05, 0.1) is 18.9 Å². The predicted molar refractivity (Wildman–Crippen MR) is 69.7 cm³/mol. The third-order valence-electron chi connectivity index (χ3n) is 2.76. The van der Waals surface area contributed by atoms with E-state index in [0.29, 0.717) is 25.5 Å². The van der Waals surface area contributed by atoms with Gasteiger partial charge in [-0.05, 0) is 13.3 Å². The van der Waals surface area contributed by atoms with Crippen LogP contribution in [0, 0.1) is 0 Å². The molecule has 1 aromatic rings. The smallest absolute Gasteiger partial charge is 0.274 e. The highest BCUT2D eigenvalue weighted by atomic mass is 16.2. The van der Waals surface area contributed by atoms with Crippen molar-refractivity contribution in [2.75, 3.05) is 31.5 Å². The molecule has 0 unspecified atom stereocenters. The van der Waals surface area contributed by atoms with Gasteiger partial charge in [0.1, 0.15) is 11.5 Å². The first-order chi connectivity index (χ1) is 9.20. The first-order valence-electron chi connectivity index (χ1n) is 6.32. The maximum Gasteiger partial charge on any atom is 0.274 e. The molecular weight excluding hydrogens is 246 g/mol. The maximum atomic E-state index is 12.3. The Bertz CT molecular complexity index is 477. The molecule has 0 radical (unpaired) electrons. The Morgan fingerprint density at radius 1 is 1.53 bits per heavy atom. The highest BCUT2D eigenvalue weighted by molar-refractivity contribution is 5.95. The Morgan fingerprint density at radius 2 is 2.37 bits per heavy atom. The molecule has 2 rings (SSSR count). The number of nitrogens with one attached hydrogen (secondary N) is 2. The Labute approximate surface area is 111 Å². The van der Waals surface area contributed by atoms with Crippen LogP contribution in [-0.4, -0.2) is 52.9 Å². The molecule has 1 saturated heterocycles. The van der Waals surface area contributed by atoms with Crippen molar-refractivity contribution in [1.82, 2.24) is 20.2 Å². The number of carbonyl (C=O) groups excluding carboxylic acids is 2. The molecule has 0 aliphatic carbocycles. The molecular formula is C12H17N5O2. The van der Waals surface area contributed by atoms with Gasteiger partial charge in [-0.25, -0.2) is 4.98 Å². The van der Waals surface area contributed by atoms with Crippen molar-refractivity contribution in [3.8, 4) is 0 Å². The lowest BCUT2D eigenvalue weighted by Crippen LogP contribution is -2.37. The van der Waals surface area contributed by atoms with Gasteiger partial charge in [0, 0.05) is 19.6 Å². The molecule has 1 fully saturated rings. The molecule has 2 amide bonds. The summed E-state index contributed by atoms with van der Waals surface area (Å²) in [4.78, 5) is 33.4. The largest absolute Gasteiger partial charge is 0.369 e. The maximum absolute atomic E-state index is 12.3. The van der Waals surface area contributed by atoms with Crippen LogP contribution in [0.25, 0.3) is 0 Å². The Kier molecular flexibility index (Phi) is 4.27. The lowest BCUT2D eigenvalue weighted by Gasteiger charge is -2.18. The zero-order valence-corrected chi connectivity index (χ0v) is 10.8. The van der Waals surface area contributed by atoms with Crippen LogP contribution in [0.2, 0.25) is 0 Å². The summed E-state index contributed by atoms with van der Waals surface area (Å²) in [7, 11) is 0. The fourth-order valence-electron chi connectivity index (χ4n) is 1.88. The summed E-state index contributed by atoms with van der Waals surface area (Å²) in [5, 5.41) is 5.73. The van der Waals surface area contributed by atoms with Crippen molar-refractivity contribution in [3.63, 3.8) is 0 Å². The van der Waals surface area contributed by atoms with Crippen molar-refractivity contribution < 1.29 is 9.59 Å². The number of anilines is 1. The van der Waals surface area contributed by atoms with Gasteiger partial charge < -0.3 is 15.5 Å². The molecule has 0 atom stereocenters. The van der Waals surface area contributed by atoms with Gasteiger partial charge in [0.2, 0.25) is 5.91 Å². The second-order valence-electron chi connectivity index (χ2n) is 4.25. The number of rotatable bonds is 3. The van der Waals surface area contributed by atoms with Gasteiger partial charge in [-0.15, -0.1) is 0 Å². The number of hydrogen-bond donors (Lipinski definition) is 2. The molecule has 102 valence electrons. The Balaban J connectivity index is 2.13. The van der Waals surface area contributed by atoms with E-state index in [-0.39, 0.29) is 24.1 Å². The summed E-state index contributed by atoms with van der Waals surface area (Å²) in [6.45, 7) is 3.87. The fourth-order valence-corrected chi connectivity index (χ4v) is 1.88. The van der Waals surface area contributed by atoms with Crippen LogP contribution in [0.3, 0.4) is 0 Å². The van der Waals surface area contributed by atoms with E-state index in [2.05, 4.69) is 20.6 Å². The minimum atomic E-state index is -0.260. The molecule has 2 heterocycles. The van der Waals surface area contributed by atoms with Crippen molar-refractivity contribution in [2.24, 2.45) is 0 Å². The summed E-state index contributed by atoms with van der Waals surface area (Å²) in [5.74, 6) is 0.165. The molecule has 1 aliphatic heterocycles. The molecule has 0 saturated carbocycles. The van der Waals surface area contributed by atoms with E-state index in [1.54, 1.807) is 6.20 Å². The van der Waals surface area contributed by atoms with Crippen molar-refractivity contribution >= 4 is 17.6 Å². The van der Waals surface area contributed by atoms with Crippen LogP contribution in [0.15, 0.2) is 12.4 Å². The lowest BCUT2D eigenvalue weighted by molar-refractivity contribution is -0.121. The molecule has 7 nitrogen and oxygen atoms in total. The van der Waals surface area contributed by atoms with Crippen molar-refractivity contribution in [1.29, 1.82) is 0 Å². The summed E-state index contributed by atoms with van der Waals surface area (Å²) in [6.07, 6.45) is 3.74. The highest BCUT2D eigenvalue weighted by Gasteiger charge is 2.22. The Hall–Kier alpha value is -2.18. The van der Waals surface area contributed by atoms with Gasteiger partial charge in [-0.1, -0.05) is 0 Å². The summed E-state index contributed by atoms with van der Waals surface area (Å²) >= 11 is 0. The van der Waals surface area contributed by atoms with Gasteiger partial charge in [0.15, 0.2) is 0 Å². The van der Waals surface area contributed by atoms with E-state index >= 15 is 0 Å². The molecule has 1 aromatic heterocycles. The van der Waals surface area contributed by atoms with Crippen LogP contribution in [0.1, 0.15) is 23.8 Å². The minimum Gasteiger partial charge on any atom is -0.369 e. The fraction of sp³-hybridized carbons (Fsp3) is 0.500. The van der Waals surface area contributed by atoms with E-state index in [4.69, 9.17) is 0 Å². The number of aromatic nitrogens is 2. The number of carbonyl (C=O) groups is 2. The van der Waals surface area contributed by atoms with E-state index in [1.165, 1.54) is 11.1 Å². The molecule has 7 heteroatoms. The monoisotopic (exact) mass is 263 g/mol. The second kappa shape index (κ2) is 6.12. The molecule has 2 N–H and O–H groups in total. The van der Waals surface area contributed by atoms with Gasteiger partial charge in [0.25, 0.3) is 5.91 Å². The normalized spacial score (nSPS) is 15.6. The first kappa shape index (κ1) is 13.3. The van der Waals surface area contributed by atoms with Crippen molar-refractivity contribution in [2.45, 2.75) is 13.3 Å². The molecule has 0 bridgehead atoms. The zero-order valence-electron chi connectivity index (χ0n) is 10.8. The number of nitrogens with zero attached hydrogens (tertiary/aromatic N) is 3. The zero-order chi connectivity index (χ0) is 13.7. The molecule has 19 heavy (non-hydrogen) atoms. The molecule has 0 aromatic carbocycles. The molecule has 1 aliphatic rings. The van der Waals surface area contributed by atoms with Crippen molar-refractivity contribution in [3.05, 3.63) is 18.1 Å². The van der Waals surface area contributed by atoms with E-state index in [1.807, 2.05) is 6.92 Å². The average Bonchev–Trinajstić information content (AvgIpc) is 2.63. The van der Waals surface area contributed by atoms with Crippen LogP contribution < -0.4 is 10.6 Å². The molecule has 0 spiro atoms. The third kappa shape index (κ3) is 3.40. The lowest BCUT2D eigenvalue weighted by atomic mass is 10.3. The van der Waals surface area contributed by atoms with E-state index < -0.39 is 0 Å². The first-order valence-corrected chi connectivity index (χ1v) is 6.32. The standard InChI is InChI=1S/C12H17N5O2/c1-2-14-10-7-13-6-9(16-10)12(19)17-5-3-4-15-11(18)8-17/h6-7H,2-5,8H2,1H3,(H,14,16)(H,15,18). The van der Waals surface area contributed by atoms with Gasteiger partial charge in [-0.3, -0.25) is 14.6 Å². The number of amides is 2. The highest BCUT2D eigenvalue weighted by Crippen LogP contribution is 2.07. The van der Waals surface area contributed by atoms with Gasteiger partial charge >= 0.3 is 0 Å². The summed E-state index contributed by atoms with van der Waals surface area (Å²) in [5.41, 5.74) is 0.258.